The first-order valence-corrected chi connectivity index (χ1v) is 11.4. The molecule has 1 aromatic carbocycles. The summed E-state index contributed by atoms with van der Waals surface area (Å²) in [5, 5.41) is 3.25. The normalized spacial score (nSPS) is 16.5. The summed E-state index contributed by atoms with van der Waals surface area (Å²) >= 11 is 0. The number of pyridine rings is 1. The number of nitrogens with two attached hydrogens (primary N) is 1. The molecule has 1 saturated carbocycles. The Morgan fingerprint density at radius 1 is 1.24 bits per heavy atom. The van der Waals surface area contributed by atoms with E-state index in [2.05, 4.69) is 10.3 Å². The number of hydrogen-bond donors (Lipinski definition) is 2. The predicted molar refractivity (Wildman–Crippen MR) is 114 cm³/mol. The van der Waals surface area contributed by atoms with Gasteiger partial charge in [0.25, 0.3) is 5.91 Å². The Labute approximate surface area is 170 Å². The van der Waals surface area contributed by atoms with E-state index in [1.54, 1.807) is 18.0 Å². The number of carbonyl (C=O) groups is 1. The van der Waals surface area contributed by atoms with Gasteiger partial charge in [0.05, 0.1) is 41.1 Å². The molecule has 0 spiro atoms. The van der Waals surface area contributed by atoms with E-state index < -0.39 is 10.0 Å². The SMILES string of the molecule is CN1Cc2nc(N)cc(Nc3ccc(C4CCC4)cc3N(C)S(C)(=O)=O)c2C1=O. The number of hydrogen-bond acceptors (Lipinski definition) is 6. The summed E-state index contributed by atoms with van der Waals surface area (Å²) < 4.78 is 25.7. The van der Waals surface area contributed by atoms with Crippen LogP contribution in [0.1, 0.15) is 46.8 Å². The van der Waals surface area contributed by atoms with Crippen LogP contribution >= 0.6 is 0 Å². The average Bonchev–Trinajstić information content (AvgIpc) is 2.87. The second-order valence-corrected chi connectivity index (χ2v) is 9.85. The summed E-state index contributed by atoms with van der Waals surface area (Å²) in [6.45, 7) is 0.393. The highest BCUT2D eigenvalue weighted by Crippen LogP contribution is 2.41. The summed E-state index contributed by atoms with van der Waals surface area (Å²) in [5.74, 6) is 0.629. The number of sulfonamides is 1. The molecule has 29 heavy (non-hydrogen) atoms. The van der Waals surface area contributed by atoms with E-state index in [1.807, 2.05) is 18.2 Å². The Bertz CT molecular complexity index is 1100. The molecule has 1 aliphatic carbocycles. The van der Waals surface area contributed by atoms with Crippen LogP contribution in [0.15, 0.2) is 24.3 Å². The van der Waals surface area contributed by atoms with Crippen LogP contribution in [0.25, 0.3) is 0 Å². The molecule has 0 saturated heterocycles. The van der Waals surface area contributed by atoms with Crippen LogP contribution in [0.4, 0.5) is 22.9 Å². The van der Waals surface area contributed by atoms with Gasteiger partial charge in [-0.25, -0.2) is 13.4 Å². The van der Waals surface area contributed by atoms with Crippen molar-refractivity contribution in [1.29, 1.82) is 0 Å². The molecule has 9 heteroatoms. The molecule has 0 atom stereocenters. The standard InChI is InChI=1S/C20H25N5O3S/c1-24-11-16-19(20(24)26)15(10-18(21)23-16)22-14-8-7-13(12-5-4-6-12)9-17(14)25(2)29(3,27)28/h7-10,12H,4-6,11H2,1-3H3,(H3,21,22,23). The van der Waals surface area contributed by atoms with Crippen molar-refractivity contribution in [2.24, 2.45) is 0 Å². The van der Waals surface area contributed by atoms with E-state index in [1.165, 1.54) is 24.0 Å². The lowest BCUT2D eigenvalue weighted by molar-refractivity contribution is 0.0817. The summed E-state index contributed by atoms with van der Waals surface area (Å²) in [6.07, 6.45) is 4.60. The Balaban J connectivity index is 1.79. The van der Waals surface area contributed by atoms with Crippen LogP contribution < -0.4 is 15.4 Å². The van der Waals surface area contributed by atoms with Crippen LogP contribution in [-0.4, -0.2) is 44.6 Å². The largest absolute Gasteiger partial charge is 0.384 e. The zero-order valence-electron chi connectivity index (χ0n) is 16.8. The quantitative estimate of drug-likeness (QED) is 0.777. The van der Waals surface area contributed by atoms with Crippen LogP contribution in [0.3, 0.4) is 0 Å². The van der Waals surface area contributed by atoms with Crippen molar-refractivity contribution in [3.63, 3.8) is 0 Å². The van der Waals surface area contributed by atoms with Crippen LogP contribution in [0, 0.1) is 0 Å². The minimum atomic E-state index is -3.46. The molecule has 1 amide bonds. The van der Waals surface area contributed by atoms with Crippen LogP contribution in [0.5, 0.6) is 0 Å². The molecule has 0 bridgehead atoms. The van der Waals surface area contributed by atoms with Crippen molar-refractivity contribution in [2.45, 2.75) is 31.7 Å². The average molecular weight is 416 g/mol. The smallest absolute Gasteiger partial charge is 0.257 e. The maximum Gasteiger partial charge on any atom is 0.257 e. The third kappa shape index (κ3) is 3.50. The monoisotopic (exact) mass is 415 g/mol. The zero-order chi connectivity index (χ0) is 20.9. The molecule has 1 aliphatic heterocycles. The molecule has 8 nitrogen and oxygen atoms in total. The van der Waals surface area contributed by atoms with Crippen molar-refractivity contribution in [3.8, 4) is 0 Å². The third-order valence-corrected chi connectivity index (χ3v) is 6.96. The molecule has 3 N–H and O–H groups in total. The number of aromatic nitrogens is 1. The fourth-order valence-corrected chi connectivity index (χ4v) is 4.30. The van der Waals surface area contributed by atoms with E-state index in [4.69, 9.17) is 5.73 Å². The molecule has 154 valence electrons. The van der Waals surface area contributed by atoms with Gasteiger partial charge >= 0.3 is 0 Å². The minimum absolute atomic E-state index is 0.140. The first-order valence-electron chi connectivity index (χ1n) is 9.55. The predicted octanol–water partition coefficient (Wildman–Crippen LogP) is 2.66. The first-order chi connectivity index (χ1) is 13.6. The molecule has 0 radical (unpaired) electrons. The maximum absolute atomic E-state index is 12.6. The fraction of sp³-hybridized carbons (Fsp3) is 0.400. The number of carbonyl (C=O) groups excluding carboxylic acids is 1. The van der Waals surface area contributed by atoms with Crippen molar-refractivity contribution in [3.05, 3.63) is 41.1 Å². The molecule has 4 rings (SSSR count). The molecule has 2 heterocycles. The van der Waals surface area contributed by atoms with Crippen LogP contribution in [0.2, 0.25) is 0 Å². The van der Waals surface area contributed by atoms with Gasteiger partial charge in [-0.3, -0.25) is 9.10 Å². The second kappa shape index (κ2) is 6.91. The topological polar surface area (TPSA) is 109 Å². The van der Waals surface area contributed by atoms with Gasteiger partial charge in [-0.05, 0) is 36.5 Å². The molecule has 2 aromatic rings. The number of benzene rings is 1. The van der Waals surface area contributed by atoms with Gasteiger partial charge in [-0.15, -0.1) is 0 Å². The molecule has 0 unspecified atom stereocenters. The number of amides is 1. The number of nitrogens with zero attached hydrogens (tertiary/aromatic N) is 3. The Morgan fingerprint density at radius 2 is 1.97 bits per heavy atom. The Morgan fingerprint density at radius 3 is 2.59 bits per heavy atom. The first kappa shape index (κ1) is 19.5. The summed E-state index contributed by atoms with van der Waals surface area (Å²) in [7, 11) is -0.219. The van der Waals surface area contributed by atoms with Gasteiger partial charge in [0, 0.05) is 20.2 Å². The van der Waals surface area contributed by atoms with Crippen molar-refractivity contribution < 1.29 is 13.2 Å². The molecule has 1 fully saturated rings. The maximum atomic E-state index is 12.6. The van der Waals surface area contributed by atoms with E-state index >= 15 is 0 Å². The summed E-state index contributed by atoms with van der Waals surface area (Å²) in [5.41, 5.74) is 9.82. The van der Waals surface area contributed by atoms with E-state index in [9.17, 15) is 13.2 Å². The number of nitrogens with one attached hydrogen (secondary N) is 1. The van der Waals surface area contributed by atoms with Gasteiger partial charge in [0.15, 0.2) is 0 Å². The van der Waals surface area contributed by atoms with E-state index in [0.717, 1.165) is 18.4 Å². The van der Waals surface area contributed by atoms with Crippen molar-refractivity contribution >= 4 is 38.8 Å². The lowest BCUT2D eigenvalue weighted by Gasteiger charge is -2.28. The molecule has 2 aliphatic rings. The third-order valence-electron chi connectivity index (χ3n) is 5.77. The van der Waals surface area contributed by atoms with Gasteiger partial charge in [-0.2, -0.15) is 0 Å². The summed E-state index contributed by atoms with van der Waals surface area (Å²) in [6, 6.07) is 7.42. The Kier molecular flexibility index (Phi) is 4.65. The van der Waals surface area contributed by atoms with E-state index in [0.29, 0.717) is 46.6 Å². The van der Waals surface area contributed by atoms with Crippen molar-refractivity contribution in [1.82, 2.24) is 9.88 Å². The van der Waals surface area contributed by atoms with Gasteiger partial charge in [0.1, 0.15) is 5.82 Å². The number of nitrogen functional groups attached to an aromatic ring is 1. The highest BCUT2D eigenvalue weighted by atomic mass is 32.2. The fourth-order valence-electron chi connectivity index (χ4n) is 3.79. The van der Waals surface area contributed by atoms with E-state index in [-0.39, 0.29) is 5.91 Å². The Hall–Kier alpha value is -2.81. The molecule has 1 aromatic heterocycles. The molecular formula is C20H25N5O3S. The zero-order valence-corrected chi connectivity index (χ0v) is 17.6. The molecular weight excluding hydrogens is 390 g/mol. The highest BCUT2D eigenvalue weighted by molar-refractivity contribution is 7.92. The van der Waals surface area contributed by atoms with Crippen LogP contribution in [-0.2, 0) is 16.6 Å². The van der Waals surface area contributed by atoms with Gasteiger partial charge in [0.2, 0.25) is 10.0 Å². The van der Waals surface area contributed by atoms with Gasteiger partial charge < -0.3 is 16.0 Å². The number of anilines is 4. The number of rotatable bonds is 5. The van der Waals surface area contributed by atoms with Crippen molar-refractivity contribution in [2.75, 3.05) is 35.7 Å². The lowest BCUT2D eigenvalue weighted by atomic mass is 9.80. The summed E-state index contributed by atoms with van der Waals surface area (Å²) in [4.78, 5) is 18.4. The minimum Gasteiger partial charge on any atom is -0.384 e. The van der Waals surface area contributed by atoms with Gasteiger partial charge in [-0.1, -0.05) is 12.5 Å². The second-order valence-electron chi connectivity index (χ2n) is 7.84. The lowest BCUT2D eigenvalue weighted by Crippen LogP contribution is -2.26. The number of fused-ring (bicyclic) bond motifs is 1. The highest BCUT2D eigenvalue weighted by Gasteiger charge is 2.30.